The van der Waals surface area contributed by atoms with Crippen LogP contribution >= 0.6 is 0 Å². The number of aromatic nitrogens is 2. The van der Waals surface area contributed by atoms with Crippen LogP contribution < -0.4 is 16.6 Å². The third kappa shape index (κ3) is 4.00. The maximum absolute atomic E-state index is 9.96. The van der Waals surface area contributed by atoms with Crippen LogP contribution in [0.2, 0.25) is 0 Å². The molecule has 1 rings (SSSR count). The molecule has 0 amide bonds. The number of hydrogen-bond donors (Lipinski definition) is 4. The highest BCUT2D eigenvalue weighted by atomic mass is 16.3. The molecule has 0 spiro atoms. The van der Waals surface area contributed by atoms with E-state index in [1.54, 1.807) is 13.0 Å². The zero-order chi connectivity index (χ0) is 12.0. The number of hydrogen-bond acceptors (Lipinski definition) is 6. The molecule has 0 fully saturated rings. The van der Waals surface area contributed by atoms with E-state index in [1.165, 1.54) is 6.33 Å². The fraction of sp³-hybridized carbons (Fsp3) is 0.600. The Morgan fingerprint density at radius 1 is 1.44 bits per heavy atom. The van der Waals surface area contributed by atoms with Gasteiger partial charge in [-0.25, -0.2) is 15.8 Å². The van der Waals surface area contributed by atoms with Crippen molar-refractivity contribution < 1.29 is 5.11 Å². The fourth-order valence-corrected chi connectivity index (χ4v) is 1.44. The van der Waals surface area contributed by atoms with Gasteiger partial charge in [-0.15, -0.1) is 0 Å². The van der Waals surface area contributed by atoms with Crippen molar-refractivity contribution in [1.82, 2.24) is 9.97 Å². The highest BCUT2D eigenvalue weighted by Crippen LogP contribution is 2.14. The number of hydrazine groups is 1. The number of nitrogens with zero attached hydrogens (tertiary/aromatic N) is 2. The largest absolute Gasteiger partial charge is 0.388 e. The van der Waals surface area contributed by atoms with Gasteiger partial charge in [-0.3, -0.25) is 0 Å². The Bertz CT molecular complexity index is 329. The van der Waals surface area contributed by atoms with Crippen molar-refractivity contribution >= 4 is 11.6 Å². The zero-order valence-electron chi connectivity index (χ0n) is 9.70. The first kappa shape index (κ1) is 12.7. The molecule has 0 saturated carbocycles. The Balaban J connectivity index is 2.53. The summed E-state index contributed by atoms with van der Waals surface area (Å²) in [6.07, 6.45) is 3.09. The van der Waals surface area contributed by atoms with Crippen LogP contribution in [0.5, 0.6) is 0 Å². The van der Waals surface area contributed by atoms with Crippen LogP contribution in [-0.4, -0.2) is 27.2 Å². The molecule has 5 N–H and O–H groups in total. The van der Waals surface area contributed by atoms with Crippen molar-refractivity contribution in [2.24, 2.45) is 5.84 Å². The number of nitrogens with two attached hydrogens (primary N) is 1. The van der Waals surface area contributed by atoms with Gasteiger partial charge in [-0.05, 0) is 13.3 Å². The molecule has 0 bridgehead atoms. The van der Waals surface area contributed by atoms with E-state index < -0.39 is 5.60 Å². The lowest BCUT2D eigenvalue weighted by molar-refractivity contribution is 0.0636. The number of nitrogen functional groups attached to an aromatic ring is 1. The minimum absolute atomic E-state index is 0.446. The second-order valence-corrected chi connectivity index (χ2v) is 4.03. The number of rotatable bonds is 6. The predicted octanol–water partition coefficient (Wildman–Crippen LogP) is 0.725. The van der Waals surface area contributed by atoms with E-state index in [0.717, 1.165) is 12.8 Å². The Labute approximate surface area is 95.3 Å². The Morgan fingerprint density at radius 2 is 2.12 bits per heavy atom. The lowest BCUT2D eigenvalue weighted by atomic mass is 10.0. The molecule has 0 aliphatic carbocycles. The van der Waals surface area contributed by atoms with E-state index >= 15 is 0 Å². The van der Waals surface area contributed by atoms with Crippen molar-refractivity contribution in [3.63, 3.8) is 0 Å². The van der Waals surface area contributed by atoms with Gasteiger partial charge in [-0.1, -0.05) is 13.3 Å². The summed E-state index contributed by atoms with van der Waals surface area (Å²) in [6, 6.07) is 1.68. The summed E-state index contributed by atoms with van der Waals surface area (Å²) >= 11 is 0. The van der Waals surface area contributed by atoms with Crippen molar-refractivity contribution in [2.45, 2.75) is 32.3 Å². The zero-order valence-corrected chi connectivity index (χ0v) is 9.70. The minimum atomic E-state index is -0.726. The molecular weight excluding hydrogens is 206 g/mol. The Kier molecular flexibility index (Phi) is 4.45. The third-order valence-corrected chi connectivity index (χ3v) is 2.25. The fourth-order valence-electron chi connectivity index (χ4n) is 1.44. The highest BCUT2D eigenvalue weighted by molar-refractivity contribution is 5.45. The van der Waals surface area contributed by atoms with Gasteiger partial charge in [0, 0.05) is 12.6 Å². The summed E-state index contributed by atoms with van der Waals surface area (Å²) in [5, 5.41) is 13.0. The summed E-state index contributed by atoms with van der Waals surface area (Å²) in [6.45, 7) is 4.28. The number of anilines is 2. The lowest BCUT2D eigenvalue weighted by Crippen LogP contribution is -2.33. The minimum Gasteiger partial charge on any atom is -0.388 e. The Morgan fingerprint density at radius 3 is 2.75 bits per heavy atom. The second-order valence-electron chi connectivity index (χ2n) is 4.03. The van der Waals surface area contributed by atoms with Gasteiger partial charge in [0.1, 0.15) is 18.0 Å². The van der Waals surface area contributed by atoms with Gasteiger partial charge < -0.3 is 15.8 Å². The molecular formula is C10H19N5O. The van der Waals surface area contributed by atoms with Crippen LogP contribution in [0.4, 0.5) is 11.6 Å². The van der Waals surface area contributed by atoms with Gasteiger partial charge in [0.25, 0.3) is 0 Å². The van der Waals surface area contributed by atoms with E-state index in [2.05, 4.69) is 20.7 Å². The molecule has 0 radical (unpaired) electrons. The van der Waals surface area contributed by atoms with E-state index in [4.69, 9.17) is 5.84 Å². The quantitative estimate of drug-likeness (QED) is 0.421. The molecule has 6 nitrogen and oxygen atoms in total. The first-order valence-electron chi connectivity index (χ1n) is 5.32. The molecule has 1 unspecified atom stereocenters. The highest BCUT2D eigenvalue weighted by Gasteiger charge is 2.18. The first-order chi connectivity index (χ1) is 7.57. The van der Waals surface area contributed by atoms with E-state index in [-0.39, 0.29) is 0 Å². The Hall–Kier alpha value is -1.40. The van der Waals surface area contributed by atoms with E-state index in [0.29, 0.717) is 18.2 Å². The van der Waals surface area contributed by atoms with Crippen molar-refractivity contribution in [2.75, 3.05) is 17.3 Å². The second kappa shape index (κ2) is 5.62. The molecule has 0 aliphatic rings. The summed E-state index contributed by atoms with van der Waals surface area (Å²) in [4.78, 5) is 7.91. The molecule has 1 aromatic rings. The summed E-state index contributed by atoms with van der Waals surface area (Å²) < 4.78 is 0. The maximum Gasteiger partial charge on any atom is 0.145 e. The SMILES string of the molecule is CCCC(C)(O)CNc1cc(NN)ncn1. The molecule has 1 atom stereocenters. The van der Waals surface area contributed by atoms with Crippen molar-refractivity contribution in [1.29, 1.82) is 0 Å². The van der Waals surface area contributed by atoms with Gasteiger partial charge in [0.05, 0.1) is 5.60 Å². The predicted molar refractivity (Wildman–Crippen MR) is 63.9 cm³/mol. The van der Waals surface area contributed by atoms with Gasteiger partial charge in [0.15, 0.2) is 0 Å². The van der Waals surface area contributed by atoms with E-state index in [1.807, 2.05) is 6.92 Å². The topological polar surface area (TPSA) is 96.1 Å². The lowest BCUT2D eigenvalue weighted by Gasteiger charge is -2.23. The number of nitrogens with one attached hydrogen (secondary N) is 2. The first-order valence-corrected chi connectivity index (χ1v) is 5.32. The van der Waals surface area contributed by atoms with Crippen molar-refractivity contribution in [3.8, 4) is 0 Å². The van der Waals surface area contributed by atoms with Crippen LogP contribution in [0.25, 0.3) is 0 Å². The third-order valence-electron chi connectivity index (χ3n) is 2.25. The van der Waals surface area contributed by atoms with Gasteiger partial charge >= 0.3 is 0 Å². The van der Waals surface area contributed by atoms with Crippen LogP contribution in [0.3, 0.4) is 0 Å². The summed E-state index contributed by atoms with van der Waals surface area (Å²) in [5.74, 6) is 6.40. The van der Waals surface area contributed by atoms with E-state index in [9.17, 15) is 5.11 Å². The van der Waals surface area contributed by atoms with Crippen LogP contribution in [-0.2, 0) is 0 Å². The molecule has 0 saturated heterocycles. The van der Waals surface area contributed by atoms with Crippen molar-refractivity contribution in [3.05, 3.63) is 12.4 Å². The molecule has 6 heteroatoms. The van der Waals surface area contributed by atoms with Gasteiger partial charge in [-0.2, -0.15) is 0 Å². The maximum atomic E-state index is 9.96. The van der Waals surface area contributed by atoms with Crippen LogP contribution in [0, 0.1) is 0 Å². The van der Waals surface area contributed by atoms with Crippen LogP contribution in [0.1, 0.15) is 26.7 Å². The molecule has 0 aliphatic heterocycles. The van der Waals surface area contributed by atoms with Crippen LogP contribution in [0.15, 0.2) is 12.4 Å². The average Bonchev–Trinajstić information content (AvgIpc) is 2.27. The molecule has 16 heavy (non-hydrogen) atoms. The summed E-state index contributed by atoms with van der Waals surface area (Å²) in [5.41, 5.74) is 1.71. The monoisotopic (exact) mass is 225 g/mol. The smallest absolute Gasteiger partial charge is 0.145 e. The summed E-state index contributed by atoms with van der Waals surface area (Å²) in [7, 11) is 0. The molecule has 1 heterocycles. The van der Waals surface area contributed by atoms with Gasteiger partial charge in [0.2, 0.25) is 0 Å². The standard InChI is InChI=1S/C10H19N5O/c1-3-4-10(2,16)6-12-8-5-9(15-11)14-7-13-8/h5,7,16H,3-4,6,11H2,1-2H3,(H2,12,13,14,15). The number of aliphatic hydroxyl groups is 1. The normalized spacial score (nSPS) is 14.2. The molecule has 1 aromatic heterocycles. The molecule has 90 valence electrons. The average molecular weight is 225 g/mol. The molecule has 0 aromatic carbocycles.